The molecule has 1 unspecified atom stereocenters. The van der Waals surface area contributed by atoms with Gasteiger partial charge in [0.15, 0.2) is 5.96 Å². The van der Waals surface area contributed by atoms with Gasteiger partial charge in [-0.25, -0.2) is 0 Å². The van der Waals surface area contributed by atoms with Crippen LogP contribution in [0.25, 0.3) is 0 Å². The van der Waals surface area contributed by atoms with Crippen LogP contribution in [0.1, 0.15) is 24.8 Å². The van der Waals surface area contributed by atoms with Gasteiger partial charge in [0.2, 0.25) is 0 Å². The molecule has 0 spiro atoms. The topological polar surface area (TPSA) is 42.9 Å². The van der Waals surface area contributed by atoms with Crippen molar-refractivity contribution < 1.29 is 0 Å². The highest BCUT2D eigenvalue weighted by Gasteiger charge is 2.11. The average Bonchev–Trinajstić information content (AvgIpc) is 2.82. The first-order valence-electron chi connectivity index (χ1n) is 9.09. The number of rotatable bonds is 6. The summed E-state index contributed by atoms with van der Waals surface area (Å²) in [6.07, 6.45) is 1.26. The Morgan fingerprint density at radius 1 is 1.12 bits per heavy atom. The van der Waals surface area contributed by atoms with Crippen molar-refractivity contribution >= 4 is 5.96 Å². The molecule has 1 aliphatic heterocycles. The fourth-order valence-electron chi connectivity index (χ4n) is 3.03. The lowest BCUT2D eigenvalue weighted by atomic mass is 10.0. The monoisotopic (exact) mass is 331 g/mol. The van der Waals surface area contributed by atoms with Crippen molar-refractivity contribution in [2.24, 2.45) is 4.99 Å². The first-order chi connectivity index (χ1) is 11.7. The number of guanidine groups is 1. The van der Waals surface area contributed by atoms with Crippen molar-refractivity contribution in [3.05, 3.63) is 35.9 Å². The molecule has 2 N–H and O–H groups in total. The fraction of sp³-hybridized carbons (Fsp3) is 0.632. The van der Waals surface area contributed by atoms with E-state index in [9.17, 15) is 0 Å². The second kappa shape index (κ2) is 10.3. The van der Waals surface area contributed by atoms with Gasteiger partial charge in [-0.2, -0.15) is 0 Å². The summed E-state index contributed by atoms with van der Waals surface area (Å²) in [5.41, 5.74) is 1.36. The summed E-state index contributed by atoms with van der Waals surface area (Å²) in [6, 6.07) is 10.6. The highest BCUT2D eigenvalue weighted by Crippen LogP contribution is 2.12. The largest absolute Gasteiger partial charge is 0.356 e. The predicted octanol–water partition coefficient (Wildman–Crippen LogP) is 1.59. The number of hydrogen-bond donors (Lipinski definition) is 2. The first kappa shape index (κ1) is 18.7. The van der Waals surface area contributed by atoms with Crippen molar-refractivity contribution in [1.82, 2.24) is 20.4 Å². The van der Waals surface area contributed by atoms with Gasteiger partial charge in [-0.15, -0.1) is 0 Å². The van der Waals surface area contributed by atoms with Crippen LogP contribution in [0.15, 0.2) is 35.3 Å². The lowest BCUT2D eigenvalue weighted by Crippen LogP contribution is -2.43. The van der Waals surface area contributed by atoms with Crippen molar-refractivity contribution in [3.63, 3.8) is 0 Å². The van der Waals surface area contributed by atoms with Crippen LogP contribution in [0.2, 0.25) is 0 Å². The molecule has 0 saturated carbocycles. The highest BCUT2D eigenvalue weighted by atomic mass is 15.2. The molecule has 1 atom stereocenters. The van der Waals surface area contributed by atoms with Gasteiger partial charge in [0.1, 0.15) is 0 Å². The summed E-state index contributed by atoms with van der Waals surface area (Å²) >= 11 is 0. The van der Waals surface area contributed by atoms with Crippen LogP contribution in [0.3, 0.4) is 0 Å². The van der Waals surface area contributed by atoms with E-state index in [0.29, 0.717) is 5.92 Å². The lowest BCUT2D eigenvalue weighted by molar-refractivity contribution is 0.280. The number of likely N-dealkylation sites (N-methyl/N-ethyl adjacent to an activating group) is 1. The zero-order valence-electron chi connectivity index (χ0n) is 15.5. The molecule has 1 fully saturated rings. The molecule has 1 aliphatic rings. The molecule has 5 nitrogen and oxygen atoms in total. The van der Waals surface area contributed by atoms with Gasteiger partial charge in [-0.1, -0.05) is 37.3 Å². The summed E-state index contributed by atoms with van der Waals surface area (Å²) in [5.74, 6) is 1.36. The molecule has 134 valence electrons. The molecule has 0 aliphatic carbocycles. The number of nitrogens with zero attached hydrogens (tertiary/aromatic N) is 3. The summed E-state index contributed by atoms with van der Waals surface area (Å²) < 4.78 is 0. The maximum absolute atomic E-state index is 4.33. The number of benzene rings is 1. The smallest absolute Gasteiger partial charge is 0.191 e. The van der Waals surface area contributed by atoms with Crippen LogP contribution in [-0.2, 0) is 0 Å². The third-order valence-corrected chi connectivity index (χ3v) is 4.70. The van der Waals surface area contributed by atoms with Gasteiger partial charge in [-0.3, -0.25) is 4.99 Å². The van der Waals surface area contributed by atoms with Crippen LogP contribution >= 0.6 is 0 Å². The molecule has 1 aromatic rings. The van der Waals surface area contributed by atoms with E-state index in [4.69, 9.17) is 0 Å². The zero-order chi connectivity index (χ0) is 17.2. The average molecular weight is 332 g/mol. The minimum atomic E-state index is 0.464. The molecule has 0 amide bonds. The second-order valence-electron chi connectivity index (χ2n) is 6.69. The second-order valence-corrected chi connectivity index (χ2v) is 6.69. The maximum Gasteiger partial charge on any atom is 0.191 e. The Morgan fingerprint density at radius 3 is 2.67 bits per heavy atom. The Balaban J connectivity index is 1.67. The van der Waals surface area contributed by atoms with E-state index in [0.717, 1.165) is 32.1 Å². The third kappa shape index (κ3) is 6.49. The van der Waals surface area contributed by atoms with E-state index in [2.05, 4.69) is 69.7 Å². The van der Waals surface area contributed by atoms with E-state index in [1.165, 1.54) is 31.6 Å². The Hall–Kier alpha value is -1.59. The first-order valence-corrected chi connectivity index (χ1v) is 9.09. The Kier molecular flexibility index (Phi) is 8.05. The van der Waals surface area contributed by atoms with Crippen LogP contribution in [0.5, 0.6) is 0 Å². The molecule has 1 saturated heterocycles. The number of hydrogen-bond acceptors (Lipinski definition) is 3. The highest BCUT2D eigenvalue weighted by molar-refractivity contribution is 5.79. The van der Waals surface area contributed by atoms with Crippen molar-refractivity contribution in [3.8, 4) is 0 Å². The van der Waals surface area contributed by atoms with Gasteiger partial charge >= 0.3 is 0 Å². The minimum Gasteiger partial charge on any atom is -0.356 e. The molecule has 24 heavy (non-hydrogen) atoms. The molecular formula is C19H33N5. The van der Waals surface area contributed by atoms with E-state index in [1.807, 2.05) is 7.05 Å². The van der Waals surface area contributed by atoms with Gasteiger partial charge in [0.25, 0.3) is 0 Å². The van der Waals surface area contributed by atoms with Crippen LogP contribution < -0.4 is 10.6 Å². The SMILES string of the molecule is CN=C(NCCN1CCCN(C)CC1)NCC(C)c1ccccc1. The van der Waals surface area contributed by atoms with Crippen LogP contribution in [-0.4, -0.2) is 75.7 Å². The molecule has 1 heterocycles. The molecule has 5 heteroatoms. The number of nitrogens with one attached hydrogen (secondary N) is 2. The van der Waals surface area contributed by atoms with E-state index in [1.54, 1.807) is 0 Å². The molecule has 2 rings (SSSR count). The van der Waals surface area contributed by atoms with Crippen LogP contribution in [0.4, 0.5) is 0 Å². The standard InChI is InChI=1S/C19H33N5/c1-17(18-8-5-4-6-9-18)16-22-19(20-2)21-10-13-24-12-7-11-23(3)14-15-24/h4-6,8-9,17H,7,10-16H2,1-3H3,(H2,20,21,22). The summed E-state index contributed by atoms with van der Waals surface area (Å²) in [5, 5.41) is 6.88. The van der Waals surface area contributed by atoms with E-state index >= 15 is 0 Å². The molecule has 0 aromatic heterocycles. The zero-order valence-corrected chi connectivity index (χ0v) is 15.5. The van der Waals surface area contributed by atoms with Gasteiger partial charge in [0, 0.05) is 39.8 Å². The Labute approximate surface area is 147 Å². The normalized spacial score (nSPS) is 18.9. The molecule has 0 radical (unpaired) electrons. The van der Waals surface area contributed by atoms with Gasteiger partial charge in [-0.05, 0) is 38.0 Å². The van der Waals surface area contributed by atoms with Crippen molar-refractivity contribution in [1.29, 1.82) is 0 Å². The Bertz CT molecular complexity index is 488. The number of aliphatic imine (C=N–C) groups is 1. The fourth-order valence-corrected chi connectivity index (χ4v) is 3.03. The minimum absolute atomic E-state index is 0.464. The van der Waals surface area contributed by atoms with Crippen molar-refractivity contribution in [2.75, 3.05) is 59.9 Å². The van der Waals surface area contributed by atoms with Crippen molar-refractivity contribution in [2.45, 2.75) is 19.3 Å². The van der Waals surface area contributed by atoms with Gasteiger partial charge < -0.3 is 20.4 Å². The third-order valence-electron chi connectivity index (χ3n) is 4.70. The molecular weight excluding hydrogens is 298 g/mol. The predicted molar refractivity (Wildman–Crippen MR) is 103 cm³/mol. The van der Waals surface area contributed by atoms with Gasteiger partial charge in [0.05, 0.1) is 0 Å². The van der Waals surface area contributed by atoms with E-state index in [-0.39, 0.29) is 0 Å². The molecule has 1 aromatic carbocycles. The summed E-state index contributed by atoms with van der Waals surface area (Å²) in [4.78, 5) is 9.29. The van der Waals surface area contributed by atoms with Crippen LogP contribution in [0, 0.1) is 0 Å². The van der Waals surface area contributed by atoms with E-state index < -0.39 is 0 Å². The maximum atomic E-state index is 4.33. The Morgan fingerprint density at radius 2 is 1.92 bits per heavy atom. The summed E-state index contributed by atoms with van der Waals surface area (Å²) in [6.45, 7) is 9.87. The molecule has 0 bridgehead atoms. The lowest BCUT2D eigenvalue weighted by Gasteiger charge is -2.21. The summed E-state index contributed by atoms with van der Waals surface area (Å²) in [7, 11) is 4.05. The quantitative estimate of drug-likeness (QED) is 0.614.